The molecule has 0 saturated heterocycles. The van der Waals surface area contributed by atoms with Gasteiger partial charge in [0.05, 0.1) is 13.0 Å². The Labute approximate surface area is 156 Å². The summed E-state index contributed by atoms with van der Waals surface area (Å²) in [6, 6.07) is 9.40. The first-order valence-electron chi connectivity index (χ1n) is 9.35. The molecule has 0 unspecified atom stereocenters. The summed E-state index contributed by atoms with van der Waals surface area (Å²) in [4.78, 5) is 35.9. The van der Waals surface area contributed by atoms with Gasteiger partial charge in [-0.1, -0.05) is 56.5 Å². The van der Waals surface area contributed by atoms with Crippen molar-refractivity contribution in [1.82, 2.24) is 0 Å². The van der Waals surface area contributed by atoms with Gasteiger partial charge in [-0.05, 0) is 18.4 Å². The van der Waals surface area contributed by atoms with Crippen LogP contribution in [0.1, 0.15) is 63.9 Å². The molecule has 5 heteroatoms. The Morgan fingerprint density at radius 1 is 1.00 bits per heavy atom. The quantitative estimate of drug-likeness (QED) is 0.388. The molecule has 0 fully saturated rings. The fraction of sp³-hybridized carbons (Fsp3) is 0.571. The summed E-state index contributed by atoms with van der Waals surface area (Å²) < 4.78 is 9.99. The van der Waals surface area contributed by atoms with Crippen molar-refractivity contribution in [1.29, 1.82) is 0 Å². The largest absolute Gasteiger partial charge is 0.469 e. The van der Waals surface area contributed by atoms with Gasteiger partial charge in [0, 0.05) is 19.3 Å². The molecule has 1 aromatic rings. The molecule has 1 aromatic carbocycles. The van der Waals surface area contributed by atoms with Gasteiger partial charge in [0.15, 0.2) is 0 Å². The summed E-state index contributed by atoms with van der Waals surface area (Å²) in [6.07, 6.45) is 5.06. The molecule has 26 heavy (non-hydrogen) atoms. The fourth-order valence-electron chi connectivity index (χ4n) is 2.70. The minimum atomic E-state index is -0.581. The van der Waals surface area contributed by atoms with Crippen molar-refractivity contribution >= 4 is 17.7 Å². The molecule has 0 saturated carbocycles. The zero-order chi connectivity index (χ0) is 19.2. The first-order chi connectivity index (χ1) is 12.6. The molecule has 1 atom stereocenters. The number of carbonyl (C=O) groups is 3. The lowest BCUT2D eigenvalue weighted by Gasteiger charge is -2.13. The highest BCUT2D eigenvalue weighted by Crippen LogP contribution is 2.17. The Morgan fingerprint density at radius 2 is 1.73 bits per heavy atom. The van der Waals surface area contributed by atoms with Crippen molar-refractivity contribution in [3.63, 3.8) is 0 Å². The van der Waals surface area contributed by atoms with E-state index in [0.29, 0.717) is 6.42 Å². The van der Waals surface area contributed by atoms with Gasteiger partial charge in [-0.2, -0.15) is 0 Å². The van der Waals surface area contributed by atoms with Crippen molar-refractivity contribution in [3.05, 3.63) is 35.9 Å². The zero-order valence-corrected chi connectivity index (χ0v) is 15.9. The Hall–Kier alpha value is -2.17. The number of unbranched alkanes of at least 4 members (excludes halogenated alkanes) is 3. The van der Waals surface area contributed by atoms with Crippen molar-refractivity contribution in [2.75, 3.05) is 7.11 Å². The van der Waals surface area contributed by atoms with E-state index in [4.69, 9.17) is 9.47 Å². The van der Waals surface area contributed by atoms with E-state index < -0.39 is 11.9 Å². The maximum atomic E-state index is 12.1. The van der Waals surface area contributed by atoms with Crippen LogP contribution in [0.2, 0.25) is 0 Å². The Kier molecular flexibility index (Phi) is 11.0. The summed E-state index contributed by atoms with van der Waals surface area (Å²) >= 11 is 0. The molecule has 0 amide bonds. The van der Waals surface area contributed by atoms with Gasteiger partial charge >= 0.3 is 11.9 Å². The fourth-order valence-corrected chi connectivity index (χ4v) is 2.70. The number of rotatable bonds is 13. The van der Waals surface area contributed by atoms with Gasteiger partial charge in [-0.25, -0.2) is 0 Å². The Bertz CT molecular complexity index is 553. The van der Waals surface area contributed by atoms with Crippen molar-refractivity contribution < 1.29 is 23.9 Å². The first kappa shape index (κ1) is 21.9. The molecule has 0 aliphatic carbocycles. The second-order valence-electron chi connectivity index (χ2n) is 6.46. The molecular weight excluding hydrogens is 332 g/mol. The van der Waals surface area contributed by atoms with Crippen LogP contribution >= 0.6 is 0 Å². The van der Waals surface area contributed by atoms with Crippen LogP contribution in [0.25, 0.3) is 0 Å². The second-order valence-corrected chi connectivity index (χ2v) is 6.46. The number of hydrogen-bond donors (Lipinski definition) is 0. The van der Waals surface area contributed by atoms with Crippen molar-refractivity contribution in [2.24, 2.45) is 5.92 Å². The second kappa shape index (κ2) is 13.1. The van der Waals surface area contributed by atoms with E-state index in [1.54, 1.807) is 0 Å². The van der Waals surface area contributed by atoms with E-state index in [-0.39, 0.29) is 37.6 Å². The first-order valence-corrected chi connectivity index (χ1v) is 9.35. The van der Waals surface area contributed by atoms with Crippen LogP contribution in [-0.4, -0.2) is 24.8 Å². The lowest BCUT2D eigenvalue weighted by Crippen LogP contribution is -2.21. The van der Waals surface area contributed by atoms with Crippen LogP contribution in [-0.2, 0) is 30.5 Å². The van der Waals surface area contributed by atoms with Gasteiger partial charge in [0.2, 0.25) is 0 Å². The molecular formula is C21H30O5. The van der Waals surface area contributed by atoms with E-state index in [1.807, 2.05) is 30.3 Å². The smallest absolute Gasteiger partial charge is 0.309 e. The predicted octanol–water partition coefficient (Wildman–Crippen LogP) is 4.23. The van der Waals surface area contributed by atoms with E-state index in [0.717, 1.165) is 31.2 Å². The van der Waals surface area contributed by atoms with Crippen LogP contribution in [0.3, 0.4) is 0 Å². The number of Topliss-reactive ketones (excluding diaryl/α,β-unsaturated/α-hetero) is 1. The van der Waals surface area contributed by atoms with Crippen LogP contribution < -0.4 is 0 Å². The number of ketones is 1. The number of carbonyl (C=O) groups excluding carboxylic acids is 3. The normalized spacial score (nSPS) is 11.6. The molecule has 144 valence electrons. The molecule has 0 spiro atoms. The number of ether oxygens (including phenoxy) is 2. The minimum absolute atomic E-state index is 0.0501. The highest BCUT2D eigenvalue weighted by atomic mass is 16.5. The molecule has 0 aromatic heterocycles. The van der Waals surface area contributed by atoms with Gasteiger partial charge < -0.3 is 9.47 Å². The third kappa shape index (κ3) is 9.35. The van der Waals surface area contributed by atoms with Crippen LogP contribution in [0, 0.1) is 5.92 Å². The van der Waals surface area contributed by atoms with Gasteiger partial charge in [0.25, 0.3) is 0 Å². The van der Waals surface area contributed by atoms with Crippen molar-refractivity contribution in [2.45, 2.75) is 64.9 Å². The number of benzene rings is 1. The standard InChI is InChI=1S/C21H30O5/c1-3-4-5-9-12-19(22)15-18(21(24)25-2)13-14-20(23)26-16-17-10-7-6-8-11-17/h6-8,10-11,18H,3-5,9,12-16H2,1-2H3/t18-/m0/s1. The molecule has 0 heterocycles. The van der Waals surface area contributed by atoms with E-state index in [1.165, 1.54) is 7.11 Å². The van der Waals surface area contributed by atoms with E-state index in [9.17, 15) is 14.4 Å². The molecule has 0 aliphatic rings. The monoisotopic (exact) mass is 362 g/mol. The zero-order valence-electron chi connectivity index (χ0n) is 15.9. The van der Waals surface area contributed by atoms with Crippen LogP contribution in [0.5, 0.6) is 0 Å². The van der Waals surface area contributed by atoms with Gasteiger partial charge in [-0.3, -0.25) is 14.4 Å². The van der Waals surface area contributed by atoms with Crippen LogP contribution in [0.15, 0.2) is 30.3 Å². The lowest BCUT2D eigenvalue weighted by molar-refractivity contribution is -0.149. The van der Waals surface area contributed by atoms with Crippen molar-refractivity contribution in [3.8, 4) is 0 Å². The summed E-state index contributed by atoms with van der Waals surface area (Å²) in [5, 5.41) is 0. The average molecular weight is 362 g/mol. The maximum Gasteiger partial charge on any atom is 0.309 e. The Balaban J connectivity index is 2.37. The number of hydrogen-bond acceptors (Lipinski definition) is 5. The number of esters is 2. The highest BCUT2D eigenvalue weighted by molar-refractivity contribution is 5.84. The molecule has 1 rings (SSSR count). The number of methoxy groups -OCH3 is 1. The van der Waals surface area contributed by atoms with E-state index >= 15 is 0 Å². The lowest BCUT2D eigenvalue weighted by atomic mass is 9.95. The molecule has 5 nitrogen and oxygen atoms in total. The maximum absolute atomic E-state index is 12.1. The summed E-state index contributed by atoms with van der Waals surface area (Å²) in [6.45, 7) is 2.32. The topological polar surface area (TPSA) is 69.7 Å². The Morgan fingerprint density at radius 3 is 2.38 bits per heavy atom. The molecule has 0 bridgehead atoms. The summed E-state index contributed by atoms with van der Waals surface area (Å²) in [7, 11) is 1.30. The molecule has 0 radical (unpaired) electrons. The third-order valence-electron chi connectivity index (χ3n) is 4.26. The van der Waals surface area contributed by atoms with Crippen LogP contribution in [0.4, 0.5) is 0 Å². The van der Waals surface area contributed by atoms with Gasteiger partial charge in [0.1, 0.15) is 12.4 Å². The summed E-state index contributed by atoms with van der Waals surface area (Å²) in [5.41, 5.74) is 0.910. The highest BCUT2D eigenvalue weighted by Gasteiger charge is 2.23. The van der Waals surface area contributed by atoms with Gasteiger partial charge in [-0.15, -0.1) is 0 Å². The summed E-state index contributed by atoms with van der Waals surface area (Å²) in [5.74, 6) is -1.35. The predicted molar refractivity (Wildman–Crippen MR) is 99.4 cm³/mol. The SMILES string of the molecule is CCCCCCC(=O)C[C@H](CCC(=O)OCc1ccccc1)C(=O)OC. The van der Waals surface area contributed by atoms with E-state index in [2.05, 4.69) is 6.92 Å². The molecule has 0 aliphatic heterocycles. The molecule has 0 N–H and O–H groups in total. The average Bonchev–Trinajstić information content (AvgIpc) is 2.67. The third-order valence-corrected chi connectivity index (χ3v) is 4.26. The minimum Gasteiger partial charge on any atom is -0.469 e.